The molecule has 0 spiro atoms. The van der Waals surface area contributed by atoms with Gasteiger partial charge in [-0.1, -0.05) is 20.3 Å². The van der Waals surface area contributed by atoms with Gasteiger partial charge in [-0.25, -0.2) is 0 Å². The van der Waals surface area contributed by atoms with Gasteiger partial charge < -0.3 is 15.4 Å². The van der Waals surface area contributed by atoms with Crippen LogP contribution in [0.4, 0.5) is 0 Å². The third-order valence-corrected chi connectivity index (χ3v) is 3.16. The van der Waals surface area contributed by atoms with Crippen LogP contribution in [-0.2, 0) is 4.74 Å². The molecule has 2 N–H and O–H groups in total. The fourth-order valence-electron chi connectivity index (χ4n) is 2.05. The number of piperidine rings is 1. The van der Waals surface area contributed by atoms with Gasteiger partial charge >= 0.3 is 0 Å². The standard InChI is InChI=1S/C12H26N2O/c1-11(2)12(10-13)15-9-8-14-6-4-3-5-7-14/h11-12H,3-10,13H2,1-2H3. The largest absolute Gasteiger partial charge is 0.375 e. The van der Waals surface area contributed by atoms with E-state index in [2.05, 4.69) is 18.7 Å². The maximum atomic E-state index is 5.79. The molecule has 15 heavy (non-hydrogen) atoms. The van der Waals surface area contributed by atoms with Crippen molar-refractivity contribution in [2.45, 2.75) is 39.2 Å². The lowest BCUT2D eigenvalue weighted by atomic mass is 10.1. The second-order valence-electron chi connectivity index (χ2n) is 4.79. The van der Waals surface area contributed by atoms with E-state index in [1.807, 2.05) is 0 Å². The van der Waals surface area contributed by atoms with Crippen molar-refractivity contribution in [1.82, 2.24) is 4.90 Å². The van der Waals surface area contributed by atoms with Gasteiger partial charge in [0.05, 0.1) is 12.7 Å². The zero-order valence-electron chi connectivity index (χ0n) is 10.2. The lowest BCUT2D eigenvalue weighted by Gasteiger charge is -2.27. The molecule has 90 valence electrons. The minimum Gasteiger partial charge on any atom is -0.375 e. The summed E-state index contributed by atoms with van der Waals surface area (Å²) in [6, 6.07) is 0. The van der Waals surface area contributed by atoms with E-state index < -0.39 is 0 Å². The highest BCUT2D eigenvalue weighted by molar-refractivity contribution is 4.66. The van der Waals surface area contributed by atoms with Crippen molar-refractivity contribution in [3.8, 4) is 0 Å². The van der Waals surface area contributed by atoms with Gasteiger partial charge in [0.2, 0.25) is 0 Å². The van der Waals surface area contributed by atoms with Gasteiger partial charge in [-0.15, -0.1) is 0 Å². The Morgan fingerprint density at radius 3 is 2.40 bits per heavy atom. The molecule has 1 aliphatic heterocycles. The molecule has 1 heterocycles. The zero-order valence-corrected chi connectivity index (χ0v) is 10.2. The van der Waals surface area contributed by atoms with E-state index in [1.165, 1.54) is 32.4 Å². The molecule has 1 saturated heterocycles. The van der Waals surface area contributed by atoms with E-state index in [9.17, 15) is 0 Å². The minimum atomic E-state index is 0.231. The highest BCUT2D eigenvalue weighted by atomic mass is 16.5. The average molecular weight is 214 g/mol. The van der Waals surface area contributed by atoms with Crippen LogP contribution in [0.25, 0.3) is 0 Å². The molecule has 0 bridgehead atoms. The van der Waals surface area contributed by atoms with Crippen LogP contribution in [0, 0.1) is 5.92 Å². The number of rotatable bonds is 6. The Balaban J connectivity index is 2.08. The first-order valence-electron chi connectivity index (χ1n) is 6.28. The molecule has 0 radical (unpaired) electrons. The number of hydrogen-bond donors (Lipinski definition) is 1. The lowest BCUT2D eigenvalue weighted by Crippen LogP contribution is -2.36. The third kappa shape index (κ3) is 4.96. The fraction of sp³-hybridized carbons (Fsp3) is 1.00. The molecule has 0 amide bonds. The Labute approximate surface area is 94.0 Å². The van der Waals surface area contributed by atoms with Crippen LogP contribution in [0.1, 0.15) is 33.1 Å². The van der Waals surface area contributed by atoms with Crippen molar-refractivity contribution in [2.24, 2.45) is 11.7 Å². The monoisotopic (exact) mass is 214 g/mol. The van der Waals surface area contributed by atoms with Crippen molar-refractivity contribution in [1.29, 1.82) is 0 Å². The van der Waals surface area contributed by atoms with Gasteiger partial charge in [0.25, 0.3) is 0 Å². The van der Waals surface area contributed by atoms with Crippen LogP contribution in [0.5, 0.6) is 0 Å². The average Bonchev–Trinajstić information content (AvgIpc) is 2.25. The maximum absolute atomic E-state index is 5.79. The van der Waals surface area contributed by atoms with Crippen LogP contribution >= 0.6 is 0 Å². The summed E-state index contributed by atoms with van der Waals surface area (Å²) in [5.41, 5.74) is 5.65. The molecule has 0 aromatic carbocycles. The van der Waals surface area contributed by atoms with E-state index >= 15 is 0 Å². The van der Waals surface area contributed by atoms with E-state index in [1.54, 1.807) is 0 Å². The van der Waals surface area contributed by atoms with Crippen LogP contribution in [0.2, 0.25) is 0 Å². The van der Waals surface area contributed by atoms with Crippen LogP contribution in [0.15, 0.2) is 0 Å². The van der Waals surface area contributed by atoms with Crippen LogP contribution in [0.3, 0.4) is 0 Å². The van der Waals surface area contributed by atoms with Crippen molar-refractivity contribution in [2.75, 3.05) is 32.8 Å². The second kappa shape index (κ2) is 7.20. The molecule has 3 nitrogen and oxygen atoms in total. The molecular weight excluding hydrogens is 188 g/mol. The van der Waals surface area contributed by atoms with E-state index in [4.69, 9.17) is 10.5 Å². The van der Waals surface area contributed by atoms with E-state index in [0.29, 0.717) is 12.5 Å². The number of hydrogen-bond acceptors (Lipinski definition) is 3. The van der Waals surface area contributed by atoms with Gasteiger partial charge in [0, 0.05) is 13.1 Å². The molecule has 0 saturated carbocycles. The maximum Gasteiger partial charge on any atom is 0.0720 e. The van der Waals surface area contributed by atoms with Crippen molar-refractivity contribution < 1.29 is 4.74 Å². The molecule has 1 atom stereocenters. The fourth-order valence-corrected chi connectivity index (χ4v) is 2.05. The molecule has 1 fully saturated rings. The van der Waals surface area contributed by atoms with Crippen molar-refractivity contribution in [3.05, 3.63) is 0 Å². The van der Waals surface area contributed by atoms with Gasteiger partial charge in [0.1, 0.15) is 0 Å². The predicted molar refractivity (Wildman–Crippen MR) is 63.9 cm³/mol. The first-order chi connectivity index (χ1) is 7.24. The molecule has 1 unspecified atom stereocenters. The first kappa shape index (κ1) is 12.9. The van der Waals surface area contributed by atoms with Crippen molar-refractivity contribution >= 4 is 0 Å². The summed E-state index contributed by atoms with van der Waals surface area (Å²) < 4.78 is 5.79. The van der Waals surface area contributed by atoms with Crippen LogP contribution < -0.4 is 5.73 Å². The quantitative estimate of drug-likeness (QED) is 0.728. The Hall–Kier alpha value is -0.120. The number of likely N-dealkylation sites (tertiary alicyclic amines) is 1. The van der Waals surface area contributed by atoms with E-state index in [0.717, 1.165) is 13.2 Å². The lowest BCUT2D eigenvalue weighted by molar-refractivity contribution is 0.0139. The van der Waals surface area contributed by atoms with Crippen molar-refractivity contribution in [3.63, 3.8) is 0 Å². The van der Waals surface area contributed by atoms with Gasteiger partial charge in [-0.05, 0) is 31.8 Å². The Morgan fingerprint density at radius 1 is 1.20 bits per heavy atom. The summed E-state index contributed by atoms with van der Waals surface area (Å²) >= 11 is 0. The number of nitrogens with zero attached hydrogens (tertiary/aromatic N) is 1. The minimum absolute atomic E-state index is 0.231. The topological polar surface area (TPSA) is 38.5 Å². The predicted octanol–water partition coefficient (Wildman–Crippen LogP) is 1.47. The molecule has 0 aromatic rings. The number of ether oxygens (including phenoxy) is 1. The summed E-state index contributed by atoms with van der Waals surface area (Å²) in [4.78, 5) is 2.50. The summed E-state index contributed by atoms with van der Waals surface area (Å²) in [6.45, 7) is 9.37. The van der Waals surface area contributed by atoms with Gasteiger partial charge in [0.15, 0.2) is 0 Å². The molecule has 1 aliphatic rings. The molecule has 1 rings (SSSR count). The molecule has 3 heteroatoms. The zero-order chi connectivity index (χ0) is 11.1. The summed E-state index contributed by atoms with van der Waals surface area (Å²) in [5, 5.41) is 0. The Kier molecular flexibility index (Phi) is 6.22. The highest BCUT2D eigenvalue weighted by Gasteiger charge is 2.13. The molecular formula is C12H26N2O. The molecule has 0 aromatic heterocycles. The third-order valence-electron chi connectivity index (χ3n) is 3.16. The SMILES string of the molecule is CC(C)C(CN)OCCN1CCCCC1. The summed E-state index contributed by atoms with van der Waals surface area (Å²) in [6.07, 6.45) is 4.33. The number of nitrogens with two attached hydrogens (primary N) is 1. The summed E-state index contributed by atoms with van der Waals surface area (Å²) in [5.74, 6) is 0.524. The van der Waals surface area contributed by atoms with E-state index in [-0.39, 0.29) is 6.10 Å². The Bertz CT molecular complexity index is 156. The molecule has 0 aliphatic carbocycles. The smallest absolute Gasteiger partial charge is 0.0720 e. The second-order valence-corrected chi connectivity index (χ2v) is 4.79. The summed E-state index contributed by atoms with van der Waals surface area (Å²) in [7, 11) is 0. The Morgan fingerprint density at radius 2 is 1.87 bits per heavy atom. The van der Waals surface area contributed by atoms with Gasteiger partial charge in [-0.2, -0.15) is 0 Å². The van der Waals surface area contributed by atoms with Crippen LogP contribution in [-0.4, -0.2) is 43.8 Å². The highest BCUT2D eigenvalue weighted by Crippen LogP contribution is 2.09. The van der Waals surface area contributed by atoms with Gasteiger partial charge in [-0.3, -0.25) is 0 Å². The first-order valence-corrected chi connectivity index (χ1v) is 6.28. The normalized spacial score (nSPS) is 20.8.